The van der Waals surface area contributed by atoms with Gasteiger partial charge < -0.3 is 0 Å². The third-order valence-electron chi connectivity index (χ3n) is 8.42. The van der Waals surface area contributed by atoms with Crippen molar-refractivity contribution in [3.05, 3.63) is 23.8 Å². The van der Waals surface area contributed by atoms with Gasteiger partial charge in [-0.25, -0.2) is 9.97 Å². The molecule has 0 aliphatic heterocycles. The summed E-state index contributed by atoms with van der Waals surface area (Å²) in [6.07, 6.45) is 30.9. The molecule has 1 aromatic heterocycles. The lowest BCUT2D eigenvalue weighted by atomic mass is 9.75. The normalized spacial score (nSPS) is 26.8. The van der Waals surface area contributed by atoms with E-state index in [1.165, 1.54) is 121 Å². The fourth-order valence-electron chi connectivity index (χ4n) is 6.12. The first kappa shape index (κ1) is 24.7. The molecule has 1 aromatic rings. The van der Waals surface area contributed by atoms with E-state index in [9.17, 15) is 0 Å². The van der Waals surface area contributed by atoms with E-state index in [1.807, 2.05) is 0 Å². The van der Waals surface area contributed by atoms with Crippen LogP contribution in [0.1, 0.15) is 147 Å². The zero-order valence-corrected chi connectivity index (χ0v) is 20.8. The molecule has 1 heterocycles. The van der Waals surface area contributed by atoms with Crippen LogP contribution in [0.3, 0.4) is 0 Å². The summed E-state index contributed by atoms with van der Waals surface area (Å²) in [5.74, 6) is 4.80. The third kappa shape index (κ3) is 8.85. The average molecular weight is 427 g/mol. The summed E-state index contributed by atoms with van der Waals surface area (Å²) in [5.41, 5.74) is 1.33. The first-order chi connectivity index (χ1) is 15.3. The number of rotatable bonds is 13. The molecular formula is C29H50N2. The molecule has 2 heteroatoms. The minimum Gasteiger partial charge on any atom is -0.241 e. The Bertz CT molecular complexity index is 565. The maximum atomic E-state index is 4.78. The standard InChI is InChI=1S/C29H50N2/c1-3-5-7-8-9-11-27-22-30-29(31-23-27)28-20-18-26(19-21-28)17-16-25-14-12-24(13-15-25)10-6-4-2/h22-26,28H,3-21H2,1-2H3. The Hall–Kier alpha value is -0.920. The molecule has 0 bridgehead atoms. The molecule has 2 aliphatic rings. The van der Waals surface area contributed by atoms with Gasteiger partial charge in [0.15, 0.2) is 0 Å². The summed E-state index contributed by atoms with van der Waals surface area (Å²) < 4.78 is 0. The van der Waals surface area contributed by atoms with Gasteiger partial charge in [0.2, 0.25) is 0 Å². The van der Waals surface area contributed by atoms with Crippen molar-refractivity contribution >= 4 is 0 Å². The van der Waals surface area contributed by atoms with E-state index in [0.29, 0.717) is 5.92 Å². The Morgan fingerprint density at radius 2 is 1.13 bits per heavy atom. The summed E-state index contributed by atoms with van der Waals surface area (Å²) in [4.78, 5) is 9.56. The molecule has 0 saturated heterocycles. The minimum atomic E-state index is 0.615. The number of hydrogen-bond donors (Lipinski definition) is 0. The van der Waals surface area contributed by atoms with Crippen molar-refractivity contribution in [3.8, 4) is 0 Å². The maximum Gasteiger partial charge on any atom is 0.131 e. The van der Waals surface area contributed by atoms with Crippen molar-refractivity contribution in [3.63, 3.8) is 0 Å². The number of nitrogens with zero attached hydrogens (tertiary/aromatic N) is 2. The quantitative estimate of drug-likeness (QED) is 0.294. The van der Waals surface area contributed by atoms with Crippen molar-refractivity contribution in [2.45, 2.75) is 142 Å². The van der Waals surface area contributed by atoms with E-state index >= 15 is 0 Å². The second kappa shape index (κ2) is 14.3. The Labute approximate surface area is 193 Å². The van der Waals surface area contributed by atoms with Crippen LogP contribution in [-0.2, 0) is 6.42 Å². The van der Waals surface area contributed by atoms with Crippen LogP contribution in [0.25, 0.3) is 0 Å². The predicted molar refractivity (Wildman–Crippen MR) is 133 cm³/mol. The van der Waals surface area contributed by atoms with Crippen molar-refractivity contribution in [2.24, 2.45) is 17.8 Å². The van der Waals surface area contributed by atoms with E-state index in [1.54, 1.807) is 0 Å². The molecule has 2 nitrogen and oxygen atoms in total. The van der Waals surface area contributed by atoms with Gasteiger partial charge in [-0.2, -0.15) is 0 Å². The van der Waals surface area contributed by atoms with Crippen molar-refractivity contribution in [2.75, 3.05) is 0 Å². The number of aryl methyl sites for hydroxylation is 1. The van der Waals surface area contributed by atoms with Crippen LogP contribution in [0.2, 0.25) is 0 Å². The number of unbranched alkanes of at least 4 members (excludes halogenated alkanes) is 5. The topological polar surface area (TPSA) is 25.8 Å². The fraction of sp³-hybridized carbons (Fsp3) is 0.862. The average Bonchev–Trinajstić information content (AvgIpc) is 2.83. The largest absolute Gasteiger partial charge is 0.241 e. The van der Waals surface area contributed by atoms with Gasteiger partial charge in [0.05, 0.1) is 0 Å². The molecule has 31 heavy (non-hydrogen) atoms. The van der Waals surface area contributed by atoms with Gasteiger partial charge in [-0.05, 0) is 61.8 Å². The van der Waals surface area contributed by atoms with Crippen LogP contribution in [-0.4, -0.2) is 9.97 Å². The second-order valence-electron chi connectivity index (χ2n) is 10.9. The number of hydrogen-bond acceptors (Lipinski definition) is 2. The van der Waals surface area contributed by atoms with Crippen LogP contribution in [0.15, 0.2) is 12.4 Å². The van der Waals surface area contributed by atoms with Gasteiger partial charge in [-0.1, -0.05) is 97.3 Å². The van der Waals surface area contributed by atoms with Crippen molar-refractivity contribution < 1.29 is 0 Å². The van der Waals surface area contributed by atoms with Crippen LogP contribution >= 0.6 is 0 Å². The van der Waals surface area contributed by atoms with E-state index in [-0.39, 0.29) is 0 Å². The lowest BCUT2D eigenvalue weighted by molar-refractivity contribution is 0.222. The van der Waals surface area contributed by atoms with Crippen LogP contribution in [0, 0.1) is 17.8 Å². The SMILES string of the molecule is CCCCCCCc1cnc(C2CCC(CCC3CCC(CCCC)CC3)CC2)nc1. The smallest absolute Gasteiger partial charge is 0.131 e. The molecule has 0 spiro atoms. The van der Waals surface area contributed by atoms with Crippen molar-refractivity contribution in [1.82, 2.24) is 9.97 Å². The molecule has 0 N–H and O–H groups in total. The highest BCUT2D eigenvalue weighted by Gasteiger charge is 2.26. The van der Waals surface area contributed by atoms with Gasteiger partial charge in [-0.15, -0.1) is 0 Å². The zero-order valence-electron chi connectivity index (χ0n) is 20.8. The molecule has 0 atom stereocenters. The van der Waals surface area contributed by atoms with Crippen LogP contribution in [0.4, 0.5) is 0 Å². The highest BCUT2D eigenvalue weighted by atomic mass is 14.9. The Balaban J connectivity index is 1.29. The van der Waals surface area contributed by atoms with E-state index in [2.05, 4.69) is 26.2 Å². The summed E-state index contributed by atoms with van der Waals surface area (Å²) in [5, 5.41) is 0. The van der Waals surface area contributed by atoms with E-state index in [0.717, 1.165) is 30.0 Å². The molecular weight excluding hydrogens is 376 g/mol. The maximum absolute atomic E-state index is 4.78. The summed E-state index contributed by atoms with van der Waals surface area (Å²) in [7, 11) is 0. The molecule has 2 fully saturated rings. The van der Waals surface area contributed by atoms with E-state index < -0.39 is 0 Å². The molecule has 2 saturated carbocycles. The Kier molecular flexibility index (Phi) is 11.4. The van der Waals surface area contributed by atoms with Gasteiger partial charge in [0.1, 0.15) is 5.82 Å². The van der Waals surface area contributed by atoms with Crippen molar-refractivity contribution in [1.29, 1.82) is 0 Å². The molecule has 0 radical (unpaired) electrons. The molecule has 3 rings (SSSR count). The summed E-state index contributed by atoms with van der Waals surface area (Å²) in [6, 6.07) is 0. The fourth-order valence-corrected chi connectivity index (χ4v) is 6.12. The minimum absolute atomic E-state index is 0.615. The third-order valence-corrected chi connectivity index (χ3v) is 8.42. The molecule has 0 aromatic carbocycles. The van der Waals surface area contributed by atoms with Gasteiger partial charge in [0.25, 0.3) is 0 Å². The first-order valence-electron chi connectivity index (χ1n) is 14.1. The van der Waals surface area contributed by atoms with Gasteiger partial charge >= 0.3 is 0 Å². The lowest BCUT2D eigenvalue weighted by Crippen LogP contribution is -2.18. The van der Waals surface area contributed by atoms with Crippen LogP contribution in [0.5, 0.6) is 0 Å². The van der Waals surface area contributed by atoms with Gasteiger partial charge in [0, 0.05) is 18.3 Å². The van der Waals surface area contributed by atoms with E-state index in [4.69, 9.17) is 9.97 Å². The Morgan fingerprint density at radius 3 is 1.71 bits per heavy atom. The second-order valence-corrected chi connectivity index (χ2v) is 10.9. The molecule has 2 aliphatic carbocycles. The highest BCUT2D eigenvalue weighted by molar-refractivity contribution is 5.08. The van der Waals surface area contributed by atoms with Gasteiger partial charge in [-0.3, -0.25) is 0 Å². The first-order valence-corrected chi connectivity index (χ1v) is 14.1. The lowest BCUT2D eigenvalue weighted by Gasteiger charge is -2.31. The Morgan fingerprint density at radius 1 is 0.613 bits per heavy atom. The summed E-state index contributed by atoms with van der Waals surface area (Å²) in [6.45, 7) is 4.61. The number of aromatic nitrogens is 2. The summed E-state index contributed by atoms with van der Waals surface area (Å²) >= 11 is 0. The molecule has 176 valence electrons. The molecule has 0 amide bonds. The predicted octanol–water partition coefficient (Wildman–Crippen LogP) is 9.04. The van der Waals surface area contributed by atoms with Crippen LogP contribution < -0.4 is 0 Å². The monoisotopic (exact) mass is 426 g/mol. The molecule has 0 unspecified atom stereocenters. The zero-order chi connectivity index (χ0) is 21.7. The highest BCUT2D eigenvalue weighted by Crippen LogP contribution is 2.39.